The van der Waals surface area contributed by atoms with Crippen molar-refractivity contribution in [3.63, 3.8) is 0 Å². The Morgan fingerprint density at radius 3 is 2.32 bits per heavy atom. The van der Waals surface area contributed by atoms with Gasteiger partial charge in [-0.1, -0.05) is 36.4 Å². The van der Waals surface area contributed by atoms with E-state index in [1.54, 1.807) is 17.0 Å². The van der Waals surface area contributed by atoms with Gasteiger partial charge in [0.2, 0.25) is 0 Å². The van der Waals surface area contributed by atoms with E-state index in [1.807, 2.05) is 43.3 Å². The van der Waals surface area contributed by atoms with Crippen molar-refractivity contribution in [1.29, 1.82) is 0 Å². The summed E-state index contributed by atoms with van der Waals surface area (Å²) in [6.07, 6.45) is -0.256. The topological polar surface area (TPSA) is 84.0 Å². The van der Waals surface area contributed by atoms with Crippen LogP contribution in [0.25, 0.3) is 0 Å². The average Bonchev–Trinajstić information content (AvgIpc) is 3.38. The molecule has 0 saturated heterocycles. The molecule has 3 amide bonds. The lowest BCUT2D eigenvalue weighted by molar-refractivity contribution is -0.126. The molecular formula is C27H22N2O5. The van der Waals surface area contributed by atoms with Crippen molar-refractivity contribution in [2.75, 3.05) is 16.3 Å². The number of hydrogen-bond donors (Lipinski definition) is 0. The van der Waals surface area contributed by atoms with Crippen molar-refractivity contribution in [1.82, 2.24) is 0 Å². The monoisotopic (exact) mass is 454 g/mol. The van der Waals surface area contributed by atoms with E-state index >= 15 is 0 Å². The van der Waals surface area contributed by atoms with E-state index < -0.39 is 23.9 Å². The average molecular weight is 454 g/mol. The molecule has 7 nitrogen and oxygen atoms in total. The summed E-state index contributed by atoms with van der Waals surface area (Å²) in [5, 5.41) is 0. The largest absolute Gasteiger partial charge is 0.449 e. The summed E-state index contributed by atoms with van der Waals surface area (Å²) in [6, 6.07) is 19.0. The predicted molar refractivity (Wildman–Crippen MR) is 126 cm³/mol. The molecule has 0 aromatic heterocycles. The fourth-order valence-corrected chi connectivity index (χ4v) is 4.47. The Morgan fingerprint density at radius 2 is 1.56 bits per heavy atom. The number of para-hydroxylation sites is 2. The Balaban J connectivity index is 1.34. The molecule has 0 saturated carbocycles. The molecule has 3 aromatic rings. The third-order valence-corrected chi connectivity index (χ3v) is 6.26. The van der Waals surface area contributed by atoms with Crippen LogP contribution in [-0.4, -0.2) is 36.3 Å². The summed E-state index contributed by atoms with van der Waals surface area (Å²) >= 11 is 0. The van der Waals surface area contributed by atoms with E-state index in [0.717, 1.165) is 28.1 Å². The van der Waals surface area contributed by atoms with Gasteiger partial charge in [0, 0.05) is 12.2 Å². The zero-order valence-corrected chi connectivity index (χ0v) is 18.8. The van der Waals surface area contributed by atoms with Crippen molar-refractivity contribution in [2.24, 2.45) is 0 Å². The second-order valence-electron chi connectivity index (χ2n) is 8.41. The highest BCUT2D eigenvalue weighted by molar-refractivity contribution is 6.35. The van der Waals surface area contributed by atoms with Crippen LogP contribution in [0.3, 0.4) is 0 Å². The van der Waals surface area contributed by atoms with Crippen molar-refractivity contribution >= 4 is 35.1 Å². The number of imide groups is 1. The third-order valence-electron chi connectivity index (χ3n) is 6.26. The third kappa shape index (κ3) is 3.46. The second-order valence-corrected chi connectivity index (χ2v) is 8.41. The highest BCUT2D eigenvalue weighted by Gasteiger charge is 2.38. The van der Waals surface area contributed by atoms with Crippen LogP contribution < -0.4 is 9.80 Å². The molecule has 0 spiro atoms. The van der Waals surface area contributed by atoms with E-state index in [2.05, 4.69) is 0 Å². The molecule has 170 valence electrons. The van der Waals surface area contributed by atoms with Crippen molar-refractivity contribution in [2.45, 2.75) is 26.4 Å². The molecule has 34 heavy (non-hydrogen) atoms. The van der Waals surface area contributed by atoms with Gasteiger partial charge in [-0.05, 0) is 61.7 Å². The number of esters is 1. The number of amides is 3. The summed E-state index contributed by atoms with van der Waals surface area (Å²) in [5.41, 5.74) is 3.66. The maximum Gasteiger partial charge on any atom is 0.338 e. The van der Waals surface area contributed by atoms with E-state index in [9.17, 15) is 19.2 Å². The first-order chi connectivity index (χ1) is 16.4. The van der Waals surface area contributed by atoms with Crippen LogP contribution in [-0.2, 0) is 16.0 Å². The van der Waals surface area contributed by atoms with E-state index in [0.29, 0.717) is 12.2 Å². The lowest BCUT2D eigenvalue weighted by atomic mass is 10.1. The first-order valence-electron chi connectivity index (χ1n) is 11.1. The Hall–Kier alpha value is -4.26. The zero-order valence-electron chi connectivity index (χ0n) is 18.8. The minimum Gasteiger partial charge on any atom is -0.449 e. The maximum atomic E-state index is 13.0. The Labute approximate surface area is 196 Å². The zero-order chi connectivity index (χ0) is 24.0. The van der Waals surface area contributed by atoms with Crippen LogP contribution in [0, 0.1) is 6.92 Å². The van der Waals surface area contributed by atoms with Gasteiger partial charge in [-0.2, -0.15) is 0 Å². The normalized spacial score (nSPS) is 15.2. The number of aryl methyl sites for hydroxylation is 1. The molecular weight excluding hydrogens is 432 g/mol. The van der Waals surface area contributed by atoms with Crippen molar-refractivity contribution < 1.29 is 23.9 Å². The molecule has 2 aliphatic rings. The molecule has 1 unspecified atom stereocenters. The second kappa shape index (κ2) is 8.26. The van der Waals surface area contributed by atoms with E-state index in [1.165, 1.54) is 25.1 Å². The molecule has 5 rings (SSSR count). The number of carbonyl (C=O) groups is 4. The highest BCUT2D eigenvalue weighted by atomic mass is 16.5. The first kappa shape index (κ1) is 21.6. The molecule has 2 aliphatic heterocycles. The van der Waals surface area contributed by atoms with Gasteiger partial charge in [0.05, 0.1) is 22.4 Å². The van der Waals surface area contributed by atoms with Gasteiger partial charge >= 0.3 is 5.97 Å². The fraction of sp³-hybridized carbons (Fsp3) is 0.185. The number of hydrogen-bond acceptors (Lipinski definition) is 5. The lowest BCUT2D eigenvalue weighted by Gasteiger charge is -2.21. The summed E-state index contributed by atoms with van der Waals surface area (Å²) in [4.78, 5) is 54.4. The van der Waals surface area contributed by atoms with Crippen LogP contribution in [0.2, 0.25) is 0 Å². The SMILES string of the molecule is Cc1ccccc1N1C(=O)c2ccc(C(=O)OC(C)C(=O)N3CCc4ccccc43)cc2C1=O. The molecule has 2 heterocycles. The van der Waals surface area contributed by atoms with E-state index in [-0.39, 0.29) is 22.6 Å². The fourth-order valence-electron chi connectivity index (χ4n) is 4.47. The quantitative estimate of drug-likeness (QED) is 0.441. The molecule has 0 fully saturated rings. The Morgan fingerprint density at radius 1 is 0.882 bits per heavy atom. The summed E-state index contributed by atoms with van der Waals surface area (Å²) < 4.78 is 5.44. The lowest BCUT2D eigenvalue weighted by Crippen LogP contribution is -2.39. The Bertz CT molecular complexity index is 1360. The van der Waals surface area contributed by atoms with Crippen LogP contribution in [0.1, 0.15) is 49.1 Å². The molecule has 0 bridgehead atoms. The molecule has 0 N–H and O–H groups in total. The highest BCUT2D eigenvalue weighted by Crippen LogP contribution is 2.32. The minimum absolute atomic E-state index is 0.105. The number of rotatable bonds is 4. The number of ether oxygens (including phenoxy) is 1. The van der Waals surface area contributed by atoms with E-state index in [4.69, 9.17) is 4.74 Å². The van der Waals surface area contributed by atoms with Gasteiger partial charge in [-0.25, -0.2) is 9.69 Å². The number of benzene rings is 3. The first-order valence-corrected chi connectivity index (χ1v) is 11.1. The predicted octanol–water partition coefficient (Wildman–Crippen LogP) is 3.93. The minimum atomic E-state index is -1.01. The molecule has 0 radical (unpaired) electrons. The number of carbonyl (C=O) groups excluding carboxylic acids is 4. The number of fused-ring (bicyclic) bond motifs is 2. The van der Waals surface area contributed by atoms with Gasteiger partial charge in [0.25, 0.3) is 17.7 Å². The smallest absolute Gasteiger partial charge is 0.338 e. The van der Waals surface area contributed by atoms with Crippen LogP contribution >= 0.6 is 0 Å². The van der Waals surface area contributed by atoms with Gasteiger partial charge in [0.1, 0.15) is 0 Å². The van der Waals surface area contributed by atoms with Crippen molar-refractivity contribution in [3.05, 3.63) is 94.5 Å². The van der Waals surface area contributed by atoms with Gasteiger partial charge in [-0.3, -0.25) is 14.4 Å². The number of nitrogens with zero attached hydrogens (tertiary/aromatic N) is 2. The molecule has 7 heteroatoms. The molecule has 0 aliphatic carbocycles. The molecule has 1 atom stereocenters. The van der Waals surface area contributed by atoms with Crippen molar-refractivity contribution in [3.8, 4) is 0 Å². The van der Waals surface area contributed by atoms with Gasteiger partial charge in [0.15, 0.2) is 6.10 Å². The van der Waals surface area contributed by atoms with Gasteiger partial charge in [-0.15, -0.1) is 0 Å². The van der Waals surface area contributed by atoms with Gasteiger partial charge < -0.3 is 9.64 Å². The Kier molecular flexibility index (Phi) is 5.24. The van der Waals surface area contributed by atoms with Crippen LogP contribution in [0.4, 0.5) is 11.4 Å². The summed E-state index contributed by atoms with van der Waals surface area (Å²) in [5.74, 6) is -1.98. The number of anilines is 2. The summed E-state index contributed by atoms with van der Waals surface area (Å²) in [7, 11) is 0. The van der Waals surface area contributed by atoms with Crippen LogP contribution in [0.15, 0.2) is 66.7 Å². The maximum absolute atomic E-state index is 13.0. The van der Waals surface area contributed by atoms with Crippen LogP contribution in [0.5, 0.6) is 0 Å². The standard InChI is InChI=1S/C27H22N2O5/c1-16-7-3-5-9-22(16)29-25(31)20-12-11-19(15-21(20)26(29)32)27(33)34-17(2)24(30)28-14-13-18-8-4-6-10-23(18)28/h3-12,15,17H,13-14H2,1-2H3. The summed E-state index contributed by atoms with van der Waals surface area (Å²) in [6.45, 7) is 3.88. The molecule has 3 aromatic carbocycles.